The van der Waals surface area contributed by atoms with E-state index in [9.17, 15) is 4.79 Å². The summed E-state index contributed by atoms with van der Waals surface area (Å²) in [5, 5.41) is 1.35. The van der Waals surface area contributed by atoms with Crippen molar-refractivity contribution in [2.45, 2.75) is 50.2 Å². The highest BCUT2D eigenvalue weighted by molar-refractivity contribution is 7.99. The van der Waals surface area contributed by atoms with Crippen molar-refractivity contribution in [3.05, 3.63) is 82.6 Å². The molecule has 1 aliphatic rings. The van der Waals surface area contributed by atoms with Crippen molar-refractivity contribution in [1.82, 2.24) is 9.97 Å². The van der Waals surface area contributed by atoms with E-state index in [1.54, 1.807) is 6.20 Å². The lowest BCUT2D eigenvalue weighted by Crippen LogP contribution is -2.56. The van der Waals surface area contributed by atoms with Crippen molar-refractivity contribution in [3.8, 4) is 0 Å². The zero-order valence-corrected chi connectivity index (χ0v) is 19.8. The fraction of sp³-hybridized carbons (Fsp3) is 0.320. The van der Waals surface area contributed by atoms with Gasteiger partial charge < -0.3 is 4.90 Å². The minimum absolute atomic E-state index is 0.0608. The van der Waals surface area contributed by atoms with Crippen LogP contribution in [0.3, 0.4) is 0 Å². The van der Waals surface area contributed by atoms with Crippen molar-refractivity contribution < 1.29 is 4.79 Å². The number of nitrogens with zero attached hydrogens (tertiary/aromatic N) is 3. The molecule has 4 rings (SSSR count). The second-order valence-electron chi connectivity index (χ2n) is 8.84. The highest BCUT2D eigenvalue weighted by Crippen LogP contribution is 2.50. The van der Waals surface area contributed by atoms with E-state index in [-0.39, 0.29) is 16.9 Å². The lowest BCUT2D eigenvalue weighted by molar-refractivity contribution is -0.117. The van der Waals surface area contributed by atoms with Crippen molar-refractivity contribution in [2.75, 3.05) is 10.7 Å². The quantitative estimate of drug-likeness (QED) is 0.357. The van der Waals surface area contributed by atoms with Crippen LogP contribution in [0.1, 0.15) is 44.0 Å². The third-order valence-corrected chi connectivity index (χ3v) is 7.06. The van der Waals surface area contributed by atoms with Crippen molar-refractivity contribution in [1.29, 1.82) is 0 Å². The molecular weight excluding hydrogens is 426 g/mol. The molecule has 4 nitrogen and oxygen atoms in total. The van der Waals surface area contributed by atoms with Crippen molar-refractivity contribution >= 4 is 35.0 Å². The number of aryl methyl sites for hydroxylation is 1. The fourth-order valence-corrected chi connectivity index (χ4v) is 5.59. The number of rotatable bonds is 4. The maximum absolute atomic E-state index is 13.5. The SMILES string of the molecule is Cc1ccnc(SCC(=O)N2c3ccccc3C(C)(c3ccc(Cl)cc3)CC2(C)C)n1. The molecule has 6 heteroatoms. The average molecular weight is 452 g/mol. The Morgan fingerprint density at radius 1 is 1.10 bits per heavy atom. The van der Waals surface area contributed by atoms with E-state index in [0.717, 1.165) is 28.4 Å². The van der Waals surface area contributed by atoms with Gasteiger partial charge in [0.25, 0.3) is 0 Å². The average Bonchev–Trinajstić information content (AvgIpc) is 2.72. The predicted molar refractivity (Wildman–Crippen MR) is 128 cm³/mol. The molecule has 1 unspecified atom stereocenters. The number of thioether (sulfide) groups is 1. The maximum atomic E-state index is 13.5. The molecular formula is C25H26ClN3OS. The predicted octanol–water partition coefficient (Wildman–Crippen LogP) is 6.05. The number of fused-ring (bicyclic) bond motifs is 1. The van der Waals surface area contributed by atoms with Gasteiger partial charge in [-0.3, -0.25) is 4.79 Å². The first-order valence-corrected chi connectivity index (χ1v) is 11.7. The van der Waals surface area contributed by atoms with Gasteiger partial charge in [0.15, 0.2) is 5.16 Å². The molecule has 0 N–H and O–H groups in total. The van der Waals surface area contributed by atoms with E-state index in [1.807, 2.05) is 42.2 Å². The molecule has 0 bridgehead atoms. The number of carbonyl (C=O) groups is 1. The molecule has 1 aromatic heterocycles. The molecule has 0 radical (unpaired) electrons. The van der Waals surface area contributed by atoms with Gasteiger partial charge in [0.05, 0.1) is 5.75 Å². The largest absolute Gasteiger partial charge is 0.306 e. The molecule has 3 aromatic rings. The second kappa shape index (κ2) is 8.29. The number of para-hydroxylation sites is 1. The third kappa shape index (κ3) is 4.21. The van der Waals surface area contributed by atoms with Crippen LogP contribution in [0.15, 0.2) is 66.0 Å². The Morgan fingerprint density at radius 2 is 1.81 bits per heavy atom. The molecule has 31 heavy (non-hydrogen) atoms. The van der Waals surface area contributed by atoms with Crippen LogP contribution in [0, 0.1) is 6.92 Å². The highest BCUT2D eigenvalue weighted by atomic mass is 35.5. The lowest BCUT2D eigenvalue weighted by Gasteiger charge is -2.51. The number of aromatic nitrogens is 2. The Morgan fingerprint density at radius 3 is 2.52 bits per heavy atom. The molecule has 0 aliphatic carbocycles. The van der Waals surface area contributed by atoms with Crippen LogP contribution in [0.2, 0.25) is 5.02 Å². The normalized spacial score (nSPS) is 19.7. The summed E-state index contributed by atoms with van der Waals surface area (Å²) in [6, 6.07) is 18.2. The van der Waals surface area contributed by atoms with Gasteiger partial charge in [-0.2, -0.15) is 0 Å². The molecule has 0 saturated heterocycles. The number of carbonyl (C=O) groups excluding carboxylic acids is 1. The Kier molecular flexibility index (Phi) is 5.84. The third-order valence-electron chi connectivity index (χ3n) is 5.96. The first kappa shape index (κ1) is 21.8. The topological polar surface area (TPSA) is 46.1 Å². The summed E-state index contributed by atoms with van der Waals surface area (Å²) in [7, 11) is 0. The number of anilines is 1. The van der Waals surface area contributed by atoms with Gasteiger partial charge >= 0.3 is 0 Å². The number of hydrogen-bond donors (Lipinski definition) is 0. The van der Waals surface area contributed by atoms with Gasteiger partial charge in [0, 0.05) is 33.6 Å². The van der Waals surface area contributed by atoms with E-state index >= 15 is 0 Å². The summed E-state index contributed by atoms with van der Waals surface area (Å²) in [5.41, 5.74) is 3.62. The van der Waals surface area contributed by atoms with Gasteiger partial charge in [-0.15, -0.1) is 0 Å². The van der Waals surface area contributed by atoms with Crippen molar-refractivity contribution in [2.24, 2.45) is 0 Å². The van der Waals surface area contributed by atoms with Crippen LogP contribution in [0.4, 0.5) is 5.69 Å². The Balaban J connectivity index is 1.70. The number of halogens is 1. The van der Waals surface area contributed by atoms with E-state index in [2.05, 4.69) is 55.0 Å². The second-order valence-corrected chi connectivity index (χ2v) is 10.2. The molecule has 1 atom stereocenters. The van der Waals surface area contributed by atoms with Gasteiger partial charge in [0.2, 0.25) is 5.91 Å². The summed E-state index contributed by atoms with van der Waals surface area (Å²) >= 11 is 7.53. The maximum Gasteiger partial charge on any atom is 0.237 e. The molecule has 1 aliphatic heterocycles. The summed E-state index contributed by atoms with van der Waals surface area (Å²) in [4.78, 5) is 24.1. The number of benzene rings is 2. The minimum Gasteiger partial charge on any atom is -0.306 e. The van der Waals surface area contributed by atoms with Crippen LogP contribution in [0.25, 0.3) is 0 Å². The highest BCUT2D eigenvalue weighted by Gasteiger charge is 2.47. The molecule has 0 saturated carbocycles. The zero-order chi connectivity index (χ0) is 22.2. The summed E-state index contributed by atoms with van der Waals surface area (Å²) in [6.45, 7) is 8.47. The van der Waals surface area contributed by atoms with E-state index in [4.69, 9.17) is 11.6 Å². The Hall–Kier alpha value is -2.37. The fourth-order valence-electron chi connectivity index (χ4n) is 4.73. The van der Waals surface area contributed by atoms with Gasteiger partial charge in [-0.25, -0.2) is 9.97 Å². The monoisotopic (exact) mass is 451 g/mol. The van der Waals surface area contributed by atoms with Crippen LogP contribution < -0.4 is 4.90 Å². The van der Waals surface area contributed by atoms with Crippen molar-refractivity contribution in [3.63, 3.8) is 0 Å². The molecule has 2 heterocycles. The molecule has 1 amide bonds. The standard InChI is InChI=1S/C25H26ClN3OS/c1-17-13-14-27-23(28-17)31-15-22(30)29-21-8-6-5-7-20(21)25(4,16-24(29,2)3)18-9-11-19(26)12-10-18/h5-14H,15-16H2,1-4H3. The summed E-state index contributed by atoms with van der Waals surface area (Å²) in [6.07, 6.45) is 2.53. The zero-order valence-electron chi connectivity index (χ0n) is 18.2. The summed E-state index contributed by atoms with van der Waals surface area (Å²) < 4.78 is 0. The van der Waals surface area contributed by atoms with Crippen LogP contribution in [-0.2, 0) is 10.2 Å². The summed E-state index contributed by atoms with van der Waals surface area (Å²) in [5.74, 6) is 0.351. The smallest absolute Gasteiger partial charge is 0.237 e. The number of hydrogen-bond acceptors (Lipinski definition) is 4. The van der Waals surface area contributed by atoms with E-state index < -0.39 is 0 Å². The molecule has 0 spiro atoms. The Bertz CT molecular complexity index is 1120. The van der Waals surface area contributed by atoms with Crippen LogP contribution >= 0.6 is 23.4 Å². The van der Waals surface area contributed by atoms with Gasteiger partial charge in [-0.05, 0) is 62.6 Å². The minimum atomic E-state index is -0.367. The first-order valence-electron chi connectivity index (χ1n) is 10.3. The molecule has 160 valence electrons. The lowest BCUT2D eigenvalue weighted by atomic mass is 9.65. The van der Waals surface area contributed by atoms with E-state index in [1.165, 1.54) is 17.3 Å². The Labute approximate surface area is 193 Å². The molecule has 2 aromatic carbocycles. The van der Waals surface area contributed by atoms with Gasteiger partial charge in [-0.1, -0.05) is 60.6 Å². The van der Waals surface area contributed by atoms with Crippen LogP contribution in [-0.4, -0.2) is 27.2 Å². The molecule has 0 fully saturated rings. The number of amides is 1. The van der Waals surface area contributed by atoms with Crippen LogP contribution in [0.5, 0.6) is 0 Å². The first-order chi connectivity index (χ1) is 14.7. The van der Waals surface area contributed by atoms with E-state index in [0.29, 0.717) is 10.9 Å². The van der Waals surface area contributed by atoms with Gasteiger partial charge in [0.1, 0.15) is 0 Å².